The number of hydrogen-bond donors (Lipinski definition) is 1. The molecule has 0 radical (unpaired) electrons. The zero-order chi connectivity index (χ0) is 21.1. The highest BCUT2D eigenvalue weighted by molar-refractivity contribution is 7.92. The van der Waals surface area contributed by atoms with Crippen LogP contribution in [0.4, 0.5) is 11.4 Å². The van der Waals surface area contributed by atoms with E-state index in [9.17, 15) is 8.42 Å². The van der Waals surface area contributed by atoms with Gasteiger partial charge < -0.3 is 19.3 Å². The summed E-state index contributed by atoms with van der Waals surface area (Å²) in [6.07, 6.45) is 3.67. The summed E-state index contributed by atoms with van der Waals surface area (Å²) in [5.74, 6) is 1.33. The van der Waals surface area contributed by atoms with E-state index in [0.29, 0.717) is 24.1 Å². The molecule has 0 spiro atoms. The fraction of sp³-hybridized carbons (Fsp3) is 0.455. The van der Waals surface area contributed by atoms with Gasteiger partial charge in [0.05, 0.1) is 29.9 Å². The number of nitrogens with one attached hydrogen (secondary N) is 1. The average Bonchev–Trinajstić information content (AvgIpc) is 3.16. The van der Waals surface area contributed by atoms with E-state index in [1.54, 1.807) is 31.4 Å². The summed E-state index contributed by atoms with van der Waals surface area (Å²) in [6, 6.07) is 12.5. The SMILES string of the molecule is COc1ccc(S(=O)(=O)Nc2ccc3c(c2)OCCN3CCC2CCCN2C)cc1. The Morgan fingerprint density at radius 3 is 2.67 bits per heavy atom. The molecule has 30 heavy (non-hydrogen) atoms. The normalized spacial score (nSPS) is 19.3. The highest BCUT2D eigenvalue weighted by Gasteiger charge is 2.24. The lowest BCUT2D eigenvalue weighted by atomic mass is 10.1. The molecule has 2 heterocycles. The average molecular weight is 432 g/mol. The molecule has 0 aromatic heterocycles. The van der Waals surface area contributed by atoms with Gasteiger partial charge in [-0.3, -0.25) is 4.72 Å². The van der Waals surface area contributed by atoms with Gasteiger partial charge in [0.15, 0.2) is 0 Å². The van der Waals surface area contributed by atoms with E-state index in [1.165, 1.54) is 31.5 Å². The van der Waals surface area contributed by atoms with E-state index in [4.69, 9.17) is 9.47 Å². The summed E-state index contributed by atoms with van der Waals surface area (Å²) in [4.78, 5) is 4.97. The van der Waals surface area contributed by atoms with Crippen LogP contribution in [0.15, 0.2) is 47.4 Å². The zero-order valence-corrected chi connectivity index (χ0v) is 18.3. The molecule has 0 bridgehead atoms. The first-order valence-corrected chi connectivity index (χ1v) is 11.8. The van der Waals surface area contributed by atoms with E-state index in [-0.39, 0.29) is 4.90 Å². The van der Waals surface area contributed by atoms with Crippen LogP contribution in [0.5, 0.6) is 11.5 Å². The van der Waals surface area contributed by atoms with Gasteiger partial charge in [-0.05, 0) is 69.3 Å². The van der Waals surface area contributed by atoms with E-state index >= 15 is 0 Å². The molecule has 0 saturated carbocycles. The third-order valence-electron chi connectivity index (χ3n) is 5.94. The molecule has 1 saturated heterocycles. The van der Waals surface area contributed by atoms with Gasteiger partial charge in [-0.25, -0.2) is 8.42 Å². The number of likely N-dealkylation sites (tertiary alicyclic amines) is 1. The van der Waals surface area contributed by atoms with Crippen LogP contribution in [-0.2, 0) is 10.0 Å². The number of anilines is 2. The van der Waals surface area contributed by atoms with Crippen molar-refractivity contribution in [3.63, 3.8) is 0 Å². The maximum Gasteiger partial charge on any atom is 0.261 e. The van der Waals surface area contributed by atoms with Crippen LogP contribution >= 0.6 is 0 Å². The minimum absolute atomic E-state index is 0.184. The molecule has 0 aliphatic carbocycles. The molecule has 4 rings (SSSR count). The predicted molar refractivity (Wildman–Crippen MR) is 118 cm³/mol. The second kappa shape index (κ2) is 8.73. The molecule has 1 fully saturated rings. The Morgan fingerprint density at radius 1 is 1.17 bits per heavy atom. The number of ether oxygens (including phenoxy) is 2. The van der Waals surface area contributed by atoms with Gasteiger partial charge in [-0.2, -0.15) is 0 Å². The van der Waals surface area contributed by atoms with Crippen LogP contribution in [0.3, 0.4) is 0 Å². The first-order valence-electron chi connectivity index (χ1n) is 10.4. The lowest BCUT2D eigenvalue weighted by Crippen LogP contribution is -2.36. The van der Waals surface area contributed by atoms with E-state index < -0.39 is 10.0 Å². The molecular weight excluding hydrogens is 402 g/mol. The van der Waals surface area contributed by atoms with Gasteiger partial charge in [-0.1, -0.05) is 0 Å². The fourth-order valence-electron chi connectivity index (χ4n) is 4.19. The molecule has 1 unspecified atom stereocenters. The van der Waals surface area contributed by atoms with Crippen molar-refractivity contribution in [3.05, 3.63) is 42.5 Å². The van der Waals surface area contributed by atoms with Crippen molar-refractivity contribution >= 4 is 21.4 Å². The van der Waals surface area contributed by atoms with Gasteiger partial charge >= 0.3 is 0 Å². The monoisotopic (exact) mass is 431 g/mol. The lowest BCUT2D eigenvalue weighted by Gasteiger charge is -2.33. The molecule has 1 atom stereocenters. The van der Waals surface area contributed by atoms with Gasteiger partial charge in [0.25, 0.3) is 10.0 Å². The smallest absolute Gasteiger partial charge is 0.261 e. The van der Waals surface area contributed by atoms with Gasteiger partial charge in [0.1, 0.15) is 18.1 Å². The summed E-state index contributed by atoms with van der Waals surface area (Å²) in [7, 11) is 0.0603. The lowest BCUT2D eigenvalue weighted by molar-refractivity contribution is 0.284. The Balaban J connectivity index is 1.46. The predicted octanol–water partition coefficient (Wildman–Crippen LogP) is 3.18. The first kappa shape index (κ1) is 20.8. The molecule has 7 nitrogen and oxygen atoms in total. The van der Waals surface area contributed by atoms with Crippen LogP contribution in [0.25, 0.3) is 0 Å². The van der Waals surface area contributed by atoms with Crippen LogP contribution < -0.4 is 19.1 Å². The largest absolute Gasteiger partial charge is 0.497 e. The summed E-state index contributed by atoms with van der Waals surface area (Å²) >= 11 is 0. The Morgan fingerprint density at radius 2 is 1.97 bits per heavy atom. The molecule has 0 amide bonds. The third-order valence-corrected chi connectivity index (χ3v) is 7.34. The van der Waals surface area contributed by atoms with Crippen molar-refractivity contribution in [1.82, 2.24) is 4.90 Å². The Labute approximate surface area is 178 Å². The number of sulfonamides is 1. The van der Waals surface area contributed by atoms with Crippen molar-refractivity contribution in [2.45, 2.75) is 30.2 Å². The number of methoxy groups -OCH3 is 1. The molecule has 1 N–H and O–H groups in total. The molecule has 2 aliphatic heterocycles. The molecular formula is C22H29N3O4S. The minimum Gasteiger partial charge on any atom is -0.497 e. The van der Waals surface area contributed by atoms with Crippen LogP contribution in [0, 0.1) is 0 Å². The number of hydrogen-bond acceptors (Lipinski definition) is 6. The molecule has 8 heteroatoms. The topological polar surface area (TPSA) is 71.1 Å². The van der Waals surface area contributed by atoms with Crippen molar-refractivity contribution < 1.29 is 17.9 Å². The first-order chi connectivity index (χ1) is 14.5. The summed E-state index contributed by atoms with van der Waals surface area (Å²) in [6.45, 7) is 3.60. The summed E-state index contributed by atoms with van der Waals surface area (Å²) < 4.78 is 39.0. The summed E-state index contributed by atoms with van der Waals surface area (Å²) in [5, 5.41) is 0. The van der Waals surface area contributed by atoms with E-state index in [2.05, 4.69) is 21.6 Å². The van der Waals surface area contributed by atoms with Crippen LogP contribution in [0.2, 0.25) is 0 Å². The highest BCUT2D eigenvalue weighted by atomic mass is 32.2. The molecule has 2 aromatic carbocycles. The van der Waals surface area contributed by atoms with Crippen LogP contribution in [0.1, 0.15) is 19.3 Å². The van der Waals surface area contributed by atoms with Crippen molar-refractivity contribution in [1.29, 1.82) is 0 Å². The molecule has 2 aliphatic rings. The standard InChI is InChI=1S/C22H29N3O4S/c1-24-12-3-4-18(24)11-13-25-14-15-29-22-16-17(5-10-21(22)25)23-30(26,27)20-8-6-19(28-2)7-9-20/h5-10,16,18,23H,3-4,11-15H2,1-2H3. The quantitative estimate of drug-likeness (QED) is 0.726. The second-order valence-electron chi connectivity index (χ2n) is 7.86. The number of rotatable bonds is 7. The second-order valence-corrected chi connectivity index (χ2v) is 9.55. The van der Waals surface area contributed by atoms with Crippen molar-refractivity contribution in [3.8, 4) is 11.5 Å². The molecule has 162 valence electrons. The number of nitrogens with zero attached hydrogens (tertiary/aromatic N) is 2. The maximum absolute atomic E-state index is 12.7. The number of fused-ring (bicyclic) bond motifs is 1. The molecule has 2 aromatic rings. The third kappa shape index (κ3) is 4.49. The number of benzene rings is 2. The van der Waals surface area contributed by atoms with Gasteiger partial charge in [0.2, 0.25) is 0 Å². The Hall–Kier alpha value is -2.45. The zero-order valence-electron chi connectivity index (χ0n) is 17.5. The Kier molecular flexibility index (Phi) is 6.06. The van der Waals surface area contributed by atoms with Crippen molar-refractivity contribution in [2.24, 2.45) is 0 Å². The minimum atomic E-state index is -3.69. The maximum atomic E-state index is 12.7. The van der Waals surface area contributed by atoms with E-state index in [1.807, 2.05) is 6.07 Å². The van der Waals surface area contributed by atoms with Crippen LogP contribution in [-0.4, -0.2) is 59.8 Å². The summed E-state index contributed by atoms with van der Waals surface area (Å²) in [5.41, 5.74) is 1.51. The van der Waals surface area contributed by atoms with Gasteiger partial charge in [0, 0.05) is 18.7 Å². The van der Waals surface area contributed by atoms with Gasteiger partial charge in [-0.15, -0.1) is 0 Å². The van der Waals surface area contributed by atoms with E-state index in [0.717, 1.165) is 30.9 Å². The fourth-order valence-corrected chi connectivity index (χ4v) is 5.24. The highest BCUT2D eigenvalue weighted by Crippen LogP contribution is 2.35. The Bertz CT molecular complexity index is 978. The van der Waals surface area contributed by atoms with Crippen molar-refractivity contribution in [2.75, 3.05) is 50.0 Å².